The number of carboxylic acids is 1. The highest BCUT2D eigenvalue weighted by atomic mass is 16.4. The number of benzene rings is 2. The van der Waals surface area contributed by atoms with Gasteiger partial charge in [0.1, 0.15) is 0 Å². The molecule has 0 aliphatic heterocycles. The highest BCUT2D eigenvalue weighted by Gasteiger charge is 2.25. The third-order valence-corrected chi connectivity index (χ3v) is 5.09. The number of fused-ring (bicyclic) bond motifs is 1. The van der Waals surface area contributed by atoms with Crippen LogP contribution in [0.15, 0.2) is 42.5 Å². The summed E-state index contributed by atoms with van der Waals surface area (Å²) in [4.78, 5) is 11.0. The number of hydrogen-bond donors (Lipinski definition) is 1. The van der Waals surface area contributed by atoms with Gasteiger partial charge in [-0.25, -0.2) is 0 Å². The molecule has 0 amide bonds. The molecule has 0 aromatic heterocycles. The van der Waals surface area contributed by atoms with E-state index in [-0.39, 0.29) is 6.42 Å². The van der Waals surface area contributed by atoms with Gasteiger partial charge in [0.05, 0.1) is 0 Å². The second-order valence-corrected chi connectivity index (χ2v) is 6.54. The summed E-state index contributed by atoms with van der Waals surface area (Å²) in [6.07, 6.45) is 7.45. The van der Waals surface area contributed by atoms with Crippen molar-refractivity contribution in [2.24, 2.45) is 5.92 Å². The zero-order chi connectivity index (χ0) is 15.4. The van der Waals surface area contributed by atoms with Gasteiger partial charge in [0, 0.05) is 6.42 Å². The Kier molecular flexibility index (Phi) is 4.77. The van der Waals surface area contributed by atoms with Gasteiger partial charge in [-0.3, -0.25) is 4.79 Å². The van der Waals surface area contributed by atoms with Crippen LogP contribution in [-0.2, 0) is 4.79 Å². The van der Waals surface area contributed by atoms with Crippen molar-refractivity contribution in [1.29, 1.82) is 0 Å². The van der Waals surface area contributed by atoms with E-state index < -0.39 is 5.97 Å². The van der Waals surface area contributed by atoms with Crippen LogP contribution in [-0.4, -0.2) is 11.1 Å². The lowest BCUT2D eigenvalue weighted by Crippen LogP contribution is -2.17. The Morgan fingerprint density at radius 2 is 1.77 bits per heavy atom. The molecule has 0 radical (unpaired) electrons. The molecule has 0 spiro atoms. The number of aliphatic carboxylic acids is 1. The lowest BCUT2D eigenvalue weighted by molar-refractivity contribution is -0.137. The molecule has 2 aromatic rings. The molecular weight excluding hydrogens is 272 g/mol. The smallest absolute Gasteiger partial charge is 0.303 e. The van der Waals surface area contributed by atoms with E-state index in [2.05, 4.69) is 42.5 Å². The van der Waals surface area contributed by atoms with Crippen molar-refractivity contribution < 1.29 is 9.90 Å². The summed E-state index contributed by atoms with van der Waals surface area (Å²) >= 11 is 0. The molecule has 0 bridgehead atoms. The third kappa shape index (κ3) is 3.49. The van der Waals surface area contributed by atoms with E-state index in [1.807, 2.05) is 0 Å². The fourth-order valence-corrected chi connectivity index (χ4v) is 3.93. The Morgan fingerprint density at radius 3 is 2.50 bits per heavy atom. The molecule has 1 N–H and O–H groups in total. The molecule has 0 heterocycles. The number of rotatable bonds is 5. The average molecular weight is 296 g/mol. The molecule has 1 aliphatic rings. The second-order valence-electron chi connectivity index (χ2n) is 6.54. The van der Waals surface area contributed by atoms with Crippen molar-refractivity contribution >= 4 is 16.7 Å². The topological polar surface area (TPSA) is 37.3 Å². The van der Waals surface area contributed by atoms with Gasteiger partial charge in [-0.05, 0) is 47.4 Å². The van der Waals surface area contributed by atoms with E-state index in [0.717, 1.165) is 6.42 Å². The van der Waals surface area contributed by atoms with E-state index in [1.165, 1.54) is 48.4 Å². The van der Waals surface area contributed by atoms with Crippen LogP contribution in [0.1, 0.15) is 56.4 Å². The van der Waals surface area contributed by atoms with Gasteiger partial charge in [-0.2, -0.15) is 0 Å². The predicted molar refractivity (Wildman–Crippen MR) is 90.1 cm³/mol. The second kappa shape index (κ2) is 6.95. The van der Waals surface area contributed by atoms with Crippen molar-refractivity contribution in [3.8, 4) is 0 Å². The Bertz CT molecular complexity index is 641. The maximum atomic E-state index is 11.0. The molecule has 1 aliphatic carbocycles. The van der Waals surface area contributed by atoms with Crippen LogP contribution < -0.4 is 0 Å². The first kappa shape index (κ1) is 15.1. The molecule has 2 aromatic carbocycles. The summed E-state index contributed by atoms with van der Waals surface area (Å²) in [6, 6.07) is 15.1. The molecule has 1 fully saturated rings. The molecule has 0 saturated heterocycles. The molecule has 1 atom stereocenters. The van der Waals surface area contributed by atoms with E-state index in [0.29, 0.717) is 11.8 Å². The first-order chi connectivity index (χ1) is 10.7. The molecule has 22 heavy (non-hydrogen) atoms. The molecule has 2 heteroatoms. The minimum atomic E-state index is -0.679. The van der Waals surface area contributed by atoms with Crippen molar-refractivity contribution in [3.63, 3.8) is 0 Å². The van der Waals surface area contributed by atoms with Crippen LogP contribution in [0.4, 0.5) is 0 Å². The van der Waals surface area contributed by atoms with Gasteiger partial charge in [0.15, 0.2) is 0 Å². The van der Waals surface area contributed by atoms with Crippen molar-refractivity contribution in [2.75, 3.05) is 0 Å². The highest BCUT2D eigenvalue weighted by molar-refractivity contribution is 5.83. The van der Waals surface area contributed by atoms with E-state index in [1.54, 1.807) is 0 Å². The summed E-state index contributed by atoms with van der Waals surface area (Å²) < 4.78 is 0. The Hall–Kier alpha value is -1.83. The Morgan fingerprint density at radius 1 is 1.05 bits per heavy atom. The minimum Gasteiger partial charge on any atom is -0.481 e. The molecule has 2 nitrogen and oxygen atoms in total. The number of carbonyl (C=O) groups is 1. The summed E-state index contributed by atoms with van der Waals surface area (Å²) in [5.74, 6) is 0.358. The Balaban J connectivity index is 1.89. The van der Waals surface area contributed by atoms with Gasteiger partial charge in [-0.1, -0.05) is 61.7 Å². The van der Waals surface area contributed by atoms with Crippen molar-refractivity contribution in [2.45, 2.75) is 50.9 Å². The summed E-state index contributed by atoms with van der Waals surface area (Å²) in [6.45, 7) is 0. The minimum absolute atomic E-state index is 0.272. The van der Waals surface area contributed by atoms with Gasteiger partial charge in [0.2, 0.25) is 0 Å². The van der Waals surface area contributed by atoms with E-state index in [4.69, 9.17) is 5.11 Å². The van der Waals surface area contributed by atoms with Crippen LogP contribution in [0.2, 0.25) is 0 Å². The fraction of sp³-hybridized carbons (Fsp3) is 0.450. The Labute approximate surface area is 132 Å². The molecule has 1 unspecified atom stereocenters. The molecule has 116 valence electrons. The zero-order valence-corrected chi connectivity index (χ0v) is 13.0. The standard InChI is InChI=1S/C20H24O2/c21-20(22)13-12-19(16-7-2-1-3-8-16)18-11-10-15-6-4-5-9-17(15)14-18/h4-6,9-11,14,16,19H,1-3,7-8,12-13H2,(H,21,22). The van der Waals surface area contributed by atoms with Crippen LogP contribution in [0.25, 0.3) is 10.8 Å². The van der Waals surface area contributed by atoms with Crippen LogP contribution in [0.3, 0.4) is 0 Å². The van der Waals surface area contributed by atoms with Gasteiger partial charge in [0.25, 0.3) is 0 Å². The van der Waals surface area contributed by atoms with Gasteiger partial charge in [-0.15, -0.1) is 0 Å². The van der Waals surface area contributed by atoms with E-state index in [9.17, 15) is 4.79 Å². The van der Waals surface area contributed by atoms with E-state index >= 15 is 0 Å². The lowest BCUT2D eigenvalue weighted by Gasteiger charge is -2.30. The average Bonchev–Trinajstić information content (AvgIpc) is 2.55. The SMILES string of the molecule is O=C(O)CCC(c1ccc2ccccc2c1)C1CCCCC1. The monoisotopic (exact) mass is 296 g/mol. The lowest BCUT2D eigenvalue weighted by atomic mass is 9.74. The zero-order valence-electron chi connectivity index (χ0n) is 13.0. The summed E-state index contributed by atoms with van der Waals surface area (Å²) in [5.41, 5.74) is 1.33. The van der Waals surface area contributed by atoms with Gasteiger partial charge < -0.3 is 5.11 Å². The number of hydrogen-bond acceptors (Lipinski definition) is 1. The third-order valence-electron chi connectivity index (χ3n) is 5.09. The normalized spacial score (nSPS) is 17.5. The largest absolute Gasteiger partial charge is 0.481 e. The molecule has 1 saturated carbocycles. The maximum absolute atomic E-state index is 11.0. The van der Waals surface area contributed by atoms with Crippen LogP contribution in [0, 0.1) is 5.92 Å². The maximum Gasteiger partial charge on any atom is 0.303 e. The quantitative estimate of drug-likeness (QED) is 0.805. The van der Waals surface area contributed by atoms with Gasteiger partial charge >= 0.3 is 5.97 Å². The van der Waals surface area contributed by atoms with Crippen molar-refractivity contribution in [1.82, 2.24) is 0 Å². The fourth-order valence-electron chi connectivity index (χ4n) is 3.93. The predicted octanol–water partition coefficient (Wildman–Crippen LogP) is 5.37. The van der Waals surface area contributed by atoms with Crippen LogP contribution in [0.5, 0.6) is 0 Å². The number of carboxylic acid groups (broad SMARTS) is 1. The van der Waals surface area contributed by atoms with Crippen LogP contribution >= 0.6 is 0 Å². The summed E-state index contributed by atoms with van der Waals surface area (Å²) in [5, 5.41) is 11.6. The first-order valence-electron chi connectivity index (χ1n) is 8.44. The molecule has 3 rings (SSSR count). The molecular formula is C20H24O2. The first-order valence-corrected chi connectivity index (χ1v) is 8.44. The summed E-state index contributed by atoms with van der Waals surface area (Å²) in [7, 11) is 0. The highest BCUT2D eigenvalue weighted by Crippen LogP contribution is 2.39. The van der Waals surface area contributed by atoms with Crippen molar-refractivity contribution in [3.05, 3.63) is 48.0 Å².